The van der Waals surface area contributed by atoms with E-state index in [1.807, 2.05) is 13.8 Å². The Morgan fingerprint density at radius 3 is 1.14 bits per heavy atom. The first-order chi connectivity index (χ1) is 6.15. The minimum atomic E-state index is 0.422. The van der Waals surface area contributed by atoms with Gasteiger partial charge < -0.3 is 0 Å². The maximum atomic E-state index is 3.84. The molecule has 0 aliphatic rings. The summed E-state index contributed by atoms with van der Waals surface area (Å²) in [6, 6.07) is 0. The SMILES string of the molecule is C=C.C=C(C)C.C=C(C)CC(C)(C)C. The Labute approximate surface area is 91.4 Å². The molecule has 0 heterocycles. The van der Waals surface area contributed by atoms with Crippen LogP contribution < -0.4 is 0 Å². The fourth-order valence-corrected chi connectivity index (χ4v) is 0.905. The van der Waals surface area contributed by atoms with Gasteiger partial charge in [-0.2, -0.15) is 0 Å². The van der Waals surface area contributed by atoms with Gasteiger partial charge in [-0.15, -0.1) is 26.3 Å². The van der Waals surface area contributed by atoms with Crippen LogP contribution in [-0.2, 0) is 0 Å². The van der Waals surface area contributed by atoms with Crippen LogP contribution in [0, 0.1) is 5.41 Å². The molecule has 0 aliphatic heterocycles. The molecule has 0 nitrogen and oxygen atoms in total. The van der Waals surface area contributed by atoms with Gasteiger partial charge in [0.25, 0.3) is 0 Å². The standard InChI is InChI=1S/C8H16.C4H8.C2H4/c1-7(2)6-8(3,4)5;1-4(2)3;1-2/h1,6H2,2-5H3;1H2,2-3H3;1-2H2. The molecule has 0 aromatic carbocycles. The molecule has 0 amide bonds. The van der Waals surface area contributed by atoms with Crippen molar-refractivity contribution >= 4 is 0 Å². The molecule has 0 spiro atoms. The van der Waals surface area contributed by atoms with Crippen molar-refractivity contribution in [3.8, 4) is 0 Å². The molecule has 0 aromatic rings. The van der Waals surface area contributed by atoms with Crippen LogP contribution in [-0.4, -0.2) is 0 Å². The first-order valence-electron chi connectivity index (χ1n) is 4.91. The summed E-state index contributed by atoms with van der Waals surface area (Å²) >= 11 is 0. The number of allylic oxidation sites excluding steroid dienone is 2. The topological polar surface area (TPSA) is 0 Å². The average Bonchev–Trinajstić information content (AvgIpc) is 1.84. The van der Waals surface area contributed by atoms with E-state index in [1.54, 1.807) is 0 Å². The summed E-state index contributed by atoms with van der Waals surface area (Å²) in [5.74, 6) is 0. The van der Waals surface area contributed by atoms with Gasteiger partial charge in [0.15, 0.2) is 0 Å². The average molecular weight is 196 g/mol. The molecule has 14 heavy (non-hydrogen) atoms. The van der Waals surface area contributed by atoms with Gasteiger partial charge in [-0.3, -0.25) is 0 Å². The van der Waals surface area contributed by atoms with E-state index >= 15 is 0 Å². The normalized spacial score (nSPS) is 8.71. The summed E-state index contributed by atoms with van der Waals surface area (Å²) in [5.41, 5.74) is 2.86. The highest BCUT2D eigenvalue weighted by atomic mass is 14.1. The monoisotopic (exact) mass is 196 g/mol. The lowest BCUT2D eigenvalue weighted by Crippen LogP contribution is -2.03. The largest absolute Gasteiger partial charge is 0.106 e. The maximum absolute atomic E-state index is 3.84. The molecule has 0 fully saturated rings. The van der Waals surface area contributed by atoms with Crippen molar-refractivity contribution in [2.75, 3.05) is 0 Å². The van der Waals surface area contributed by atoms with Crippen molar-refractivity contribution in [1.29, 1.82) is 0 Å². The van der Waals surface area contributed by atoms with Gasteiger partial charge in [-0.1, -0.05) is 31.9 Å². The molecule has 0 radical (unpaired) electrons. The van der Waals surface area contributed by atoms with Crippen LogP contribution in [0.5, 0.6) is 0 Å². The van der Waals surface area contributed by atoms with E-state index < -0.39 is 0 Å². The molecule has 0 heteroatoms. The van der Waals surface area contributed by atoms with Gasteiger partial charge in [-0.25, -0.2) is 0 Å². The zero-order valence-electron chi connectivity index (χ0n) is 11.0. The van der Waals surface area contributed by atoms with E-state index in [2.05, 4.69) is 54.0 Å². The molecule has 0 saturated carbocycles. The lowest BCUT2D eigenvalue weighted by atomic mass is 9.89. The maximum Gasteiger partial charge on any atom is -0.0277 e. The van der Waals surface area contributed by atoms with Crippen LogP contribution in [0.25, 0.3) is 0 Å². The molecular formula is C14H28. The molecule has 0 aliphatic carbocycles. The smallest absolute Gasteiger partial charge is 0.0277 e. The third-order valence-corrected chi connectivity index (χ3v) is 0.832. The highest BCUT2D eigenvalue weighted by Gasteiger charge is 2.08. The molecule has 0 N–H and O–H groups in total. The van der Waals surface area contributed by atoms with Gasteiger partial charge in [0.1, 0.15) is 0 Å². The van der Waals surface area contributed by atoms with Crippen molar-refractivity contribution in [2.24, 2.45) is 5.41 Å². The Morgan fingerprint density at radius 1 is 0.929 bits per heavy atom. The second-order valence-electron chi connectivity index (χ2n) is 4.90. The second kappa shape index (κ2) is 10.3. The Bertz CT molecular complexity index is 151. The molecule has 0 bridgehead atoms. The minimum absolute atomic E-state index is 0.422. The zero-order valence-corrected chi connectivity index (χ0v) is 11.0. The van der Waals surface area contributed by atoms with Gasteiger partial charge in [0, 0.05) is 0 Å². The van der Waals surface area contributed by atoms with Crippen LogP contribution in [0.2, 0.25) is 0 Å². The summed E-state index contributed by atoms with van der Waals surface area (Å²) in [4.78, 5) is 0. The third kappa shape index (κ3) is 65.8. The first kappa shape index (κ1) is 18.9. The number of hydrogen-bond donors (Lipinski definition) is 0. The third-order valence-electron chi connectivity index (χ3n) is 0.832. The van der Waals surface area contributed by atoms with Crippen molar-refractivity contribution in [3.63, 3.8) is 0 Å². The predicted octanol–water partition coefficient (Wildman–Crippen LogP) is 5.38. The Morgan fingerprint density at radius 2 is 1.14 bits per heavy atom. The predicted molar refractivity (Wildman–Crippen MR) is 70.6 cm³/mol. The van der Waals surface area contributed by atoms with Crippen LogP contribution in [0.1, 0.15) is 48.0 Å². The van der Waals surface area contributed by atoms with E-state index in [-0.39, 0.29) is 0 Å². The van der Waals surface area contributed by atoms with Crippen molar-refractivity contribution in [1.82, 2.24) is 0 Å². The second-order valence-corrected chi connectivity index (χ2v) is 4.90. The van der Waals surface area contributed by atoms with Crippen molar-refractivity contribution in [3.05, 3.63) is 37.5 Å². The zero-order chi connectivity index (χ0) is 12.4. The molecule has 0 saturated heterocycles. The van der Waals surface area contributed by atoms with Gasteiger partial charge in [-0.05, 0) is 32.6 Å². The summed E-state index contributed by atoms with van der Waals surface area (Å²) < 4.78 is 0. The van der Waals surface area contributed by atoms with Crippen LogP contribution in [0.4, 0.5) is 0 Å². The molecule has 0 atom stereocenters. The van der Waals surface area contributed by atoms with E-state index in [0.29, 0.717) is 5.41 Å². The van der Waals surface area contributed by atoms with E-state index in [4.69, 9.17) is 0 Å². The Balaban J connectivity index is -0.000000170. The van der Waals surface area contributed by atoms with Crippen molar-refractivity contribution < 1.29 is 0 Å². The summed E-state index contributed by atoms with van der Waals surface area (Å²) in [6.07, 6.45) is 1.13. The summed E-state index contributed by atoms with van der Waals surface area (Å²) in [6.45, 7) is 26.1. The Hall–Kier alpha value is -0.780. The molecule has 0 aromatic heterocycles. The molecular weight excluding hydrogens is 168 g/mol. The molecule has 84 valence electrons. The van der Waals surface area contributed by atoms with Crippen LogP contribution in [0.15, 0.2) is 37.5 Å². The molecule has 0 rings (SSSR count). The quantitative estimate of drug-likeness (QED) is 0.494. The summed E-state index contributed by atoms with van der Waals surface area (Å²) in [7, 11) is 0. The Kier molecular flexibility index (Phi) is 13.9. The van der Waals surface area contributed by atoms with Crippen LogP contribution in [0.3, 0.4) is 0 Å². The van der Waals surface area contributed by atoms with Crippen LogP contribution >= 0.6 is 0 Å². The van der Waals surface area contributed by atoms with E-state index in [1.165, 1.54) is 11.1 Å². The van der Waals surface area contributed by atoms with Gasteiger partial charge >= 0.3 is 0 Å². The highest BCUT2D eigenvalue weighted by Crippen LogP contribution is 2.22. The number of rotatable bonds is 1. The minimum Gasteiger partial charge on any atom is -0.106 e. The van der Waals surface area contributed by atoms with E-state index in [9.17, 15) is 0 Å². The van der Waals surface area contributed by atoms with E-state index in [0.717, 1.165) is 6.42 Å². The number of hydrogen-bond acceptors (Lipinski definition) is 0. The van der Waals surface area contributed by atoms with Gasteiger partial charge in [0.05, 0.1) is 0 Å². The fraction of sp³-hybridized carbons (Fsp3) is 0.571. The van der Waals surface area contributed by atoms with Gasteiger partial charge in [0.2, 0.25) is 0 Å². The molecule has 0 unspecified atom stereocenters. The fourth-order valence-electron chi connectivity index (χ4n) is 0.905. The lowest BCUT2D eigenvalue weighted by Gasteiger charge is -2.17. The summed E-state index contributed by atoms with van der Waals surface area (Å²) in [5, 5.41) is 0. The van der Waals surface area contributed by atoms with Crippen molar-refractivity contribution in [2.45, 2.75) is 48.0 Å². The highest BCUT2D eigenvalue weighted by molar-refractivity contribution is 4.91. The first-order valence-corrected chi connectivity index (χ1v) is 4.91. The lowest BCUT2D eigenvalue weighted by molar-refractivity contribution is 0.410.